The van der Waals surface area contributed by atoms with Gasteiger partial charge in [0.25, 0.3) is 0 Å². The van der Waals surface area contributed by atoms with Gasteiger partial charge in [0.1, 0.15) is 0 Å². The van der Waals surface area contributed by atoms with Crippen LogP contribution in [0.15, 0.2) is 0 Å². The maximum absolute atomic E-state index is 8.54. The minimum atomic E-state index is 0.721. The van der Waals surface area contributed by atoms with Crippen molar-refractivity contribution in [2.24, 2.45) is 5.92 Å². The highest BCUT2D eigenvalue weighted by Crippen LogP contribution is 2.30. The smallest absolute Gasteiger partial charge is 0.0621 e. The summed E-state index contributed by atoms with van der Waals surface area (Å²) in [4.78, 5) is 2.64. The monoisotopic (exact) mass is 235 g/mol. The van der Waals surface area contributed by atoms with Crippen molar-refractivity contribution in [1.82, 2.24) is 10.2 Å². The zero-order valence-corrected chi connectivity index (χ0v) is 10.8. The van der Waals surface area contributed by atoms with Crippen LogP contribution < -0.4 is 5.32 Å². The zero-order chi connectivity index (χ0) is 11.9. The third-order valence-corrected chi connectivity index (χ3v) is 3.87. The van der Waals surface area contributed by atoms with Crippen LogP contribution in [0, 0.1) is 17.2 Å². The van der Waals surface area contributed by atoms with Crippen molar-refractivity contribution in [3.63, 3.8) is 0 Å². The lowest BCUT2D eigenvalue weighted by molar-refractivity contribution is 0.236. The van der Waals surface area contributed by atoms with Gasteiger partial charge in [-0.2, -0.15) is 5.26 Å². The molecule has 17 heavy (non-hydrogen) atoms. The first-order chi connectivity index (χ1) is 8.38. The molecule has 1 N–H and O–H groups in total. The van der Waals surface area contributed by atoms with Gasteiger partial charge in [-0.15, -0.1) is 0 Å². The van der Waals surface area contributed by atoms with Crippen LogP contribution in [-0.2, 0) is 0 Å². The second kappa shape index (κ2) is 6.98. The summed E-state index contributed by atoms with van der Waals surface area (Å²) < 4.78 is 0. The van der Waals surface area contributed by atoms with Crippen molar-refractivity contribution in [1.29, 1.82) is 5.26 Å². The minimum absolute atomic E-state index is 0.721. The second-order valence-electron chi connectivity index (χ2n) is 5.61. The molecule has 2 rings (SSSR count). The van der Waals surface area contributed by atoms with E-state index in [1.54, 1.807) is 0 Å². The van der Waals surface area contributed by atoms with Crippen molar-refractivity contribution in [3.8, 4) is 6.07 Å². The molecule has 1 aliphatic heterocycles. The SMILES string of the molecule is N#CCCCCN(CC1CC1)CC1CCCN1. The van der Waals surface area contributed by atoms with Crippen molar-refractivity contribution < 1.29 is 0 Å². The molecule has 1 saturated heterocycles. The molecule has 1 unspecified atom stereocenters. The van der Waals surface area contributed by atoms with E-state index in [2.05, 4.69) is 16.3 Å². The van der Waals surface area contributed by atoms with Gasteiger partial charge in [0.2, 0.25) is 0 Å². The van der Waals surface area contributed by atoms with Crippen LogP contribution in [0.1, 0.15) is 44.9 Å². The first-order valence-electron chi connectivity index (χ1n) is 7.21. The van der Waals surface area contributed by atoms with E-state index in [4.69, 9.17) is 5.26 Å². The average Bonchev–Trinajstić information content (AvgIpc) is 2.99. The average molecular weight is 235 g/mol. The number of hydrogen-bond acceptors (Lipinski definition) is 3. The maximum atomic E-state index is 8.54. The van der Waals surface area contributed by atoms with Gasteiger partial charge in [-0.3, -0.25) is 0 Å². The van der Waals surface area contributed by atoms with Gasteiger partial charge in [-0.1, -0.05) is 0 Å². The highest BCUT2D eigenvalue weighted by Gasteiger charge is 2.26. The molecular weight excluding hydrogens is 210 g/mol. The Bertz CT molecular complexity index is 249. The summed E-state index contributed by atoms with van der Waals surface area (Å²) in [6.45, 7) is 4.92. The van der Waals surface area contributed by atoms with Crippen LogP contribution in [0.4, 0.5) is 0 Å². The van der Waals surface area contributed by atoms with Crippen LogP contribution in [-0.4, -0.2) is 37.1 Å². The molecule has 0 aromatic heterocycles. The Morgan fingerprint density at radius 3 is 2.71 bits per heavy atom. The fraction of sp³-hybridized carbons (Fsp3) is 0.929. The highest BCUT2D eigenvalue weighted by atomic mass is 15.2. The second-order valence-corrected chi connectivity index (χ2v) is 5.61. The lowest BCUT2D eigenvalue weighted by Crippen LogP contribution is -2.39. The molecule has 3 heteroatoms. The number of nitrogens with zero attached hydrogens (tertiary/aromatic N) is 2. The molecular formula is C14H25N3. The van der Waals surface area contributed by atoms with Gasteiger partial charge < -0.3 is 10.2 Å². The molecule has 96 valence electrons. The molecule has 0 amide bonds. The molecule has 0 bridgehead atoms. The normalized spacial score (nSPS) is 24.1. The summed E-state index contributed by atoms with van der Waals surface area (Å²) in [6, 6.07) is 2.96. The molecule has 1 aliphatic carbocycles. The Hall–Kier alpha value is -0.590. The van der Waals surface area contributed by atoms with E-state index < -0.39 is 0 Å². The predicted octanol–water partition coefficient (Wildman–Crippen LogP) is 2.14. The standard InChI is InChI=1S/C14H25N3/c15-8-2-1-3-10-17(11-13-6-7-13)12-14-5-4-9-16-14/h13-14,16H,1-7,9-12H2. The van der Waals surface area contributed by atoms with E-state index >= 15 is 0 Å². The summed E-state index contributed by atoms with van der Waals surface area (Å²) in [5, 5.41) is 12.1. The van der Waals surface area contributed by atoms with Crippen molar-refractivity contribution >= 4 is 0 Å². The molecule has 0 radical (unpaired) electrons. The summed E-state index contributed by atoms with van der Waals surface area (Å²) in [5.74, 6) is 0.979. The molecule has 0 aromatic rings. The Balaban J connectivity index is 1.65. The van der Waals surface area contributed by atoms with E-state index in [9.17, 15) is 0 Å². The van der Waals surface area contributed by atoms with E-state index in [0.29, 0.717) is 0 Å². The first kappa shape index (κ1) is 12.9. The number of nitriles is 1. The summed E-state index contributed by atoms with van der Waals surface area (Å²) in [7, 11) is 0. The van der Waals surface area contributed by atoms with E-state index in [-0.39, 0.29) is 0 Å². The minimum Gasteiger partial charge on any atom is -0.313 e. The molecule has 0 spiro atoms. The van der Waals surface area contributed by atoms with Crippen LogP contribution in [0.3, 0.4) is 0 Å². The predicted molar refractivity (Wildman–Crippen MR) is 69.7 cm³/mol. The largest absolute Gasteiger partial charge is 0.313 e. The molecule has 1 atom stereocenters. The third kappa shape index (κ3) is 5.06. The molecule has 0 aromatic carbocycles. The number of rotatable bonds is 8. The maximum Gasteiger partial charge on any atom is 0.0621 e. The van der Waals surface area contributed by atoms with E-state index in [0.717, 1.165) is 24.8 Å². The van der Waals surface area contributed by atoms with E-state index in [1.807, 2.05) is 0 Å². The van der Waals surface area contributed by atoms with Gasteiger partial charge in [0.15, 0.2) is 0 Å². The van der Waals surface area contributed by atoms with Crippen LogP contribution in [0.25, 0.3) is 0 Å². The Labute approximate surface area is 105 Å². The summed E-state index contributed by atoms with van der Waals surface area (Å²) >= 11 is 0. The number of nitrogens with one attached hydrogen (secondary N) is 1. The van der Waals surface area contributed by atoms with Crippen LogP contribution in [0.5, 0.6) is 0 Å². The molecule has 1 heterocycles. The Morgan fingerprint density at radius 2 is 2.06 bits per heavy atom. The quantitative estimate of drug-likeness (QED) is 0.655. The first-order valence-corrected chi connectivity index (χ1v) is 7.21. The van der Waals surface area contributed by atoms with Crippen LogP contribution in [0.2, 0.25) is 0 Å². The lowest BCUT2D eigenvalue weighted by Gasteiger charge is -2.25. The zero-order valence-electron chi connectivity index (χ0n) is 10.8. The number of unbranched alkanes of at least 4 members (excludes halogenated alkanes) is 2. The Morgan fingerprint density at radius 1 is 1.18 bits per heavy atom. The highest BCUT2D eigenvalue weighted by molar-refractivity contribution is 4.82. The summed E-state index contributed by atoms with van der Waals surface area (Å²) in [5.41, 5.74) is 0. The van der Waals surface area contributed by atoms with Crippen molar-refractivity contribution in [2.75, 3.05) is 26.2 Å². The molecule has 3 nitrogen and oxygen atoms in total. The lowest BCUT2D eigenvalue weighted by atomic mass is 10.2. The van der Waals surface area contributed by atoms with Crippen molar-refractivity contribution in [3.05, 3.63) is 0 Å². The molecule has 2 fully saturated rings. The van der Waals surface area contributed by atoms with Gasteiger partial charge in [0.05, 0.1) is 6.07 Å². The van der Waals surface area contributed by atoms with E-state index in [1.165, 1.54) is 58.3 Å². The molecule has 2 aliphatic rings. The van der Waals surface area contributed by atoms with Crippen LogP contribution >= 0.6 is 0 Å². The fourth-order valence-corrected chi connectivity index (χ4v) is 2.69. The summed E-state index contributed by atoms with van der Waals surface area (Å²) in [6.07, 6.45) is 8.54. The van der Waals surface area contributed by atoms with Gasteiger partial charge in [0, 0.05) is 25.6 Å². The number of hydrogen-bond donors (Lipinski definition) is 1. The Kier molecular flexibility index (Phi) is 5.28. The fourth-order valence-electron chi connectivity index (χ4n) is 2.69. The molecule has 1 saturated carbocycles. The van der Waals surface area contributed by atoms with Gasteiger partial charge >= 0.3 is 0 Å². The third-order valence-electron chi connectivity index (χ3n) is 3.87. The topological polar surface area (TPSA) is 39.1 Å². The van der Waals surface area contributed by atoms with Crippen molar-refractivity contribution in [2.45, 2.75) is 51.0 Å². The van der Waals surface area contributed by atoms with Gasteiger partial charge in [-0.25, -0.2) is 0 Å². The van der Waals surface area contributed by atoms with Gasteiger partial charge in [-0.05, 0) is 57.5 Å².